The molecule has 0 aromatic heterocycles. The van der Waals surface area contributed by atoms with Gasteiger partial charge in [-0.25, -0.2) is 0 Å². The molecule has 1 saturated carbocycles. The lowest BCUT2D eigenvalue weighted by atomic mass is 9.99. The van der Waals surface area contributed by atoms with Crippen molar-refractivity contribution in [3.8, 4) is 0 Å². The molecule has 4 heteroatoms. The molecule has 0 aromatic rings. The number of hydrogen-bond acceptors (Lipinski definition) is 3. The molecule has 2 aliphatic rings. The minimum atomic E-state index is 0.230. The van der Waals surface area contributed by atoms with E-state index in [0.29, 0.717) is 18.6 Å². The van der Waals surface area contributed by atoms with E-state index in [2.05, 4.69) is 4.90 Å². The van der Waals surface area contributed by atoms with E-state index in [1.165, 1.54) is 25.7 Å². The summed E-state index contributed by atoms with van der Waals surface area (Å²) >= 11 is 0. The molecule has 1 amide bonds. The Hall–Kier alpha value is -0.610. The number of hydrogen-bond donors (Lipinski definition) is 1. The summed E-state index contributed by atoms with van der Waals surface area (Å²) in [4.78, 5) is 16.2. The second-order valence-electron chi connectivity index (χ2n) is 5.37. The van der Waals surface area contributed by atoms with E-state index in [1.54, 1.807) is 0 Å². The Morgan fingerprint density at radius 2 is 2.12 bits per heavy atom. The van der Waals surface area contributed by atoms with Crippen LogP contribution in [0.1, 0.15) is 38.5 Å². The number of carbonyl (C=O) groups is 1. The van der Waals surface area contributed by atoms with Crippen LogP contribution < -0.4 is 0 Å². The third-order valence-corrected chi connectivity index (χ3v) is 4.04. The predicted octanol–water partition coefficient (Wildman–Crippen LogP) is 0.844. The second-order valence-corrected chi connectivity index (χ2v) is 5.37. The first-order valence-corrected chi connectivity index (χ1v) is 6.83. The molecule has 0 bridgehead atoms. The summed E-state index contributed by atoms with van der Waals surface area (Å²) < 4.78 is 0. The molecular formula is C13H24N2O2. The van der Waals surface area contributed by atoms with Gasteiger partial charge in [0.25, 0.3) is 0 Å². The lowest BCUT2D eigenvalue weighted by Gasteiger charge is -2.35. The van der Waals surface area contributed by atoms with Crippen LogP contribution in [0.4, 0.5) is 0 Å². The predicted molar refractivity (Wildman–Crippen MR) is 66.7 cm³/mol. The topological polar surface area (TPSA) is 43.8 Å². The highest BCUT2D eigenvalue weighted by atomic mass is 16.3. The zero-order valence-electron chi connectivity index (χ0n) is 10.8. The van der Waals surface area contributed by atoms with Crippen LogP contribution in [0.2, 0.25) is 0 Å². The van der Waals surface area contributed by atoms with Gasteiger partial charge in [0, 0.05) is 25.7 Å². The van der Waals surface area contributed by atoms with Gasteiger partial charge in [-0.3, -0.25) is 9.69 Å². The zero-order chi connectivity index (χ0) is 12.3. The van der Waals surface area contributed by atoms with Crippen LogP contribution in [0, 0.1) is 0 Å². The number of likely N-dealkylation sites (N-methyl/N-ethyl adjacent to an activating group) is 1. The molecule has 1 aliphatic heterocycles. The Morgan fingerprint density at radius 3 is 2.76 bits per heavy atom. The molecular weight excluding hydrogens is 216 g/mol. The molecule has 2 rings (SSSR count). The van der Waals surface area contributed by atoms with Crippen LogP contribution in [0.5, 0.6) is 0 Å². The quantitative estimate of drug-likeness (QED) is 0.774. The first kappa shape index (κ1) is 12.8. The molecule has 98 valence electrons. The maximum Gasteiger partial charge on any atom is 0.236 e. The first-order valence-electron chi connectivity index (χ1n) is 6.83. The van der Waals surface area contributed by atoms with Crippen molar-refractivity contribution in [2.24, 2.45) is 0 Å². The summed E-state index contributed by atoms with van der Waals surface area (Å²) in [5.74, 6) is 0.248. The van der Waals surface area contributed by atoms with Gasteiger partial charge < -0.3 is 10.0 Å². The number of piperidine rings is 1. The van der Waals surface area contributed by atoms with Crippen molar-refractivity contribution in [2.75, 3.05) is 26.7 Å². The van der Waals surface area contributed by atoms with E-state index in [0.717, 1.165) is 19.4 Å². The van der Waals surface area contributed by atoms with E-state index >= 15 is 0 Å². The van der Waals surface area contributed by atoms with Gasteiger partial charge in [0.05, 0.1) is 6.54 Å². The first-order chi connectivity index (χ1) is 8.22. The highest BCUT2D eigenvalue weighted by Gasteiger charge is 2.31. The molecule has 1 atom stereocenters. The maximum atomic E-state index is 12.1. The van der Waals surface area contributed by atoms with E-state index in [-0.39, 0.29) is 12.5 Å². The minimum absolute atomic E-state index is 0.230. The fraction of sp³-hybridized carbons (Fsp3) is 0.923. The highest BCUT2D eigenvalue weighted by Crippen LogP contribution is 2.26. The zero-order valence-corrected chi connectivity index (χ0v) is 10.8. The van der Waals surface area contributed by atoms with Crippen LogP contribution >= 0.6 is 0 Å². The van der Waals surface area contributed by atoms with Gasteiger partial charge in [0.1, 0.15) is 0 Å². The van der Waals surface area contributed by atoms with Crippen LogP contribution in [0.15, 0.2) is 0 Å². The molecule has 2 fully saturated rings. The Kier molecular flexibility index (Phi) is 4.40. The minimum Gasteiger partial charge on any atom is -0.396 e. The number of carbonyl (C=O) groups excluding carboxylic acids is 1. The maximum absolute atomic E-state index is 12.1. The number of aliphatic hydroxyl groups excluding tert-OH is 1. The summed E-state index contributed by atoms with van der Waals surface area (Å²) in [5, 5.41) is 9.06. The smallest absolute Gasteiger partial charge is 0.236 e. The van der Waals surface area contributed by atoms with E-state index in [9.17, 15) is 4.79 Å². The molecule has 1 heterocycles. The van der Waals surface area contributed by atoms with Crippen molar-refractivity contribution in [3.63, 3.8) is 0 Å². The molecule has 0 aromatic carbocycles. The Labute approximate surface area is 104 Å². The fourth-order valence-corrected chi connectivity index (χ4v) is 2.69. The number of likely N-dealkylation sites (tertiary alicyclic amines) is 1. The van der Waals surface area contributed by atoms with Crippen molar-refractivity contribution in [2.45, 2.75) is 50.6 Å². The number of rotatable bonds is 5. The van der Waals surface area contributed by atoms with Gasteiger partial charge in [-0.1, -0.05) is 6.42 Å². The van der Waals surface area contributed by atoms with Gasteiger partial charge in [0.2, 0.25) is 5.91 Å². The third kappa shape index (κ3) is 3.42. The third-order valence-electron chi connectivity index (χ3n) is 4.04. The lowest BCUT2D eigenvalue weighted by molar-refractivity contribution is -0.132. The van der Waals surface area contributed by atoms with Gasteiger partial charge in [0.15, 0.2) is 0 Å². The summed E-state index contributed by atoms with van der Waals surface area (Å²) in [6.45, 7) is 1.78. The summed E-state index contributed by atoms with van der Waals surface area (Å²) in [7, 11) is 1.92. The molecule has 17 heavy (non-hydrogen) atoms. The summed E-state index contributed by atoms with van der Waals surface area (Å²) in [5.41, 5.74) is 0. The van der Waals surface area contributed by atoms with Crippen molar-refractivity contribution in [1.29, 1.82) is 0 Å². The van der Waals surface area contributed by atoms with Crippen LogP contribution in [0.3, 0.4) is 0 Å². The molecule has 4 nitrogen and oxygen atoms in total. The van der Waals surface area contributed by atoms with Crippen LogP contribution in [-0.4, -0.2) is 59.6 Å². The van der Waals surface area contributed by atoms with Crippen molar-refractivity contribution >= 4 is 5.91 Å². The standard InChI is InChI=1S/C13H24N2O2/c1-14(11-5-6-11)13(17)10-15-8-3-2-4-12(15)7-9-16/h11-12,16H,2-10H2,1H3. The van der Waals surface area contributed by atoms with E-state index < -0.39 is 0 Å². The fourth-order valence-electron chi connectivity index (χ4n) is 2.69. The molecule has 1 aliphatic carbocycles. The Balaban J connectivity index is 1.83. The number of amides is 1. The van der Waals surface area contributed by atoms with Crippen molar-refractivity contribution in [3.05, 3.63) is 0 Å². The van der Waals surface area contributed by atoms with Crippen LogP contribution in [-0.2, 0) is 4.79 Å². The van der Waals surface area contributed by atoms with E-state index in [1.807, 2.05) is 11.9 Å². The molecule has 1 N–H and O–H groups in total. The SMILES string of the molecule is CN(C(=O)CN1CCCCC1CCO)C1CC1. The average molecular weight is 240 g/mol. The molecule has 1 saturated heterocycles. The van der Waals surface area contributed by atoms with Gasteiger partial charge in [-0.05, 0) is 38.6 Å². The van der Waals surface area contributed by atoms with Gasteiger partial charge in [-0.15, -0.1) is 0 Å². The number of nitrogens with zero attached hydrogens (tertiary/aromatic N) is 2. The Bertz CT molecular complexity index is 264. The largest absolute Gasteiger partial charge is 0.396 e. The summed E-state index contributed by atoms with van der Waals surface area (Å²) in [6.07, 6.45) is 6.68. The number of aliphatic hydroxyl groups is 1. The molecule has 0 radical (unpaired) electrons. The average Bonchev–Trinajstić information content (AvgIpc) is 3.15. The van der Waals surface area contributed by atoms with E-state index in [4.69, 9.17) is 5.11 Å². The second kappa shape index (κ2) is 5.83. The van der Waals surface area contributed by atoms with Gasteiger partial charge >= 0.3 is 0 Å². The summed E-state index contributed by atoms with van der Waals surface area (Å²) in [6, 6.07) is 0.911. The lowest BCUT2D eigenvalue weighted by Crippen LogP contribution is -2.46. The van der Waals surface area contributed by atoms with Gasteiger partial charge in [-0.2, -0.15) is 0 Å². The van der Waals surface area contributed by atoms with Crippen molar-refractivity contribution in [1.82, 2.24) is 9.80 Å². The monoisotopic (exact) mass is 240 g/mol. The van der Waals surface area contributed by atoms with Crippen molar-refractivity contribution < 1.29 is 9.90 Å². The Morgan fingerprint density at radius 1 is 1.35 bits per heavy atom. The molecule has 1 unspecified atom stereocenters. The highest BCUT2D eigenvalue weighted by molar-refractivity contribution is 5.78. The normalized spacial score (nSPS) is 25.9. The molecule has 0 spiro atoms. The van der Waals surface area contributed by atoms with Crippen LogP contribution in [0.25, 0.3) is 0 Å².